The molecule has 0 saturated heterocycles. The first-order chi connectivity index (χ1) is 30.0. The van der Waals surface area contributed by atoms with Crippen molar-refractivity contribution in [3.63, 3.8) is 0 Å². The van der Waals surface area contributed by atoms with Crippen LogP contribution in [0.4, 0.5) is 0 Å². The number of rotatable bonds is 49. The Morgan fingerprint density at radius 2 is 0.836 bits per heavy atom. The molecule has 0 bridgehead atoms. The van der Waals surface area contributed by atoms with E-state index in [1.54, 1.807) is 0 Å². The number of aliphatic hydroxyl groups is 2. The molecule has 3 N–H and O–H groups in total. The third-order valence-electron chi connectivity index (χ3n) is 12.5. The van der Waals surface area contributed by atoms with Crippen LogP contribution in [0.2, 0.25) is 0 Å². The number of allylic oxidation sites excluding steroid dienone is 4. The predicted molar refractivity (Wildman–Crippen MR) is 264 cm³/mol. The second-order valence-electron chi connectivity index (χ2n) is 18.6. The molecular weight excluding hydrogens is 755 g/mol. The topological polar surface area (TPSA) is 95.9 Å². The Hall–Kier alpha value is -1.66. The summed E-state index contributed by atoms with van der Waals surface area (Å²) >= 11 is 0. The number of amides is 1. The summed E-state index contributed by atoms with van der Waals surface area (Å²) in [6.45, 7) is 6.49. The van der Waals surface area contributed by atoms with Crippen LogP contribution in [0.15, 0.2) is 24.3 Å². The van der Waals surface area contributed by atoms with Gasteiger partial charge in [0.25, 0.3) is 0 Å². The van der Waals surface area contributed by atoms with Gasteiger partial charge in [-0.3, -0.25) is 9.59 Å². The Balaban J connectivity index is 4.57. The van der Waals surface area contributed by atoms with Crippen LogP contribution in [-0.2, 0) is 14.3 Å². The van der Waals surface area contributed by atoms with Gasteiger partial charge in [-0.2, -0.15) is 0 Å². The maximum absolute atomic E-state index is 13.2. The Bertz CT molecular complexity index is 966. The van der Waals surface area contributed by atoms with Crippen molar-refractivity contribution in [1.29, 1.82) is 0 Å². The number of hydrogen-bond donors (Lipinski definition) is 3. The molecule has 61 heavy (non-hydrogen) atoms. The molecule has 0 aromatic heterocycles. The summed E-state index contributed by atoms with van der Waals surface area (Å²) in [5, 5.41) is 23.8. The van der Waals surface area contributed by atoms with Gasteiger partial charge in [-0.15, -0.1) is 0 Å². The molecule has 0 aliphatic rings. The number of carbonyl (C=O) groups excluding carboxylic acids is 2. The lowest BCUT2D eigenvalue weighted by molar-refractivity contribution is -0.150. The normalized spacial score (nSPS) is 13.3. The first kappa shape index (κ1) is 59.3. The van der Waals surface area contributed by atoms with Crippen LogP contribution in [0.1, 0.15) is 290 Å². The van der Waals surface area contributed by atoms with Crippen LogP contribution in [0.5, 0.6) is 0 Å². The smallest absolute Gasteiger partial charge is 0.306 e. The number of hydrogen-bond acceptors (Lipinski definition) is 5. The van der Waals surface area contributed by atoms with Gasteiger partial charge >= 0.3 is 5.97 Å². The Kier molecular flexibility index (Phi) is 48.0. The van der Waals surface area contributed by atoms with Gasteiger partial charge in [-0.25, -0.2) is 0 Å². The fourth-order valence-electron chi connectivity index (χ4n) is 8.43. The fraction of sp³-hybridized carbons (Fsp3) is 0.891. The zero-order valence-electron chi connectivity index (χ0n) is 41.1. The lowest BCUT2D eigenvalue weighted by Crippen LogP contribution is -2.46. The standard InChI is InChI=1S/C55H105NO5/c1-4-7-10-13-16-19-22-25-27-30-32-35-38-41-44-47-53(58)52(50-57)56-54(59)49-51(46-43-40-37-34-31-29-26-23-20-17-14-11-8-5-2)61-55(60)48-45-42-39-36-33-28-24-21-18-15-12-9-6-3/h28,33,39,42,51-53,57-58H,4-27,29-32,34-38,40-41,43-50H2,1-3H3,(H,56,59)/b33-28-,42-39+. The predicted octanol–water partition coefficient (Wildman–Crippen LogP) is 16.3. The number of nitrogens with one attached hydrogen (secondary N) is 1. The van der Waals surface area contributed by atoms with E-state index in [2.05, 4.69) is 50.4 Å². The second kappa shape index (κ2) is 49.4. The molecule has 0 radical (unpaired) electrons. The van der Waals surface area contributed by atoms with Crippen molar-refractivity contribution in [2.24, 2.45) is 0 Å². The quantitative estimate of drug-likeness (QED) is 0.0322. The molecule has 3 atom stereocenters. The van der Waals surface area contributed by atoms with Crippen LogP contribution >= 0.6 is 0 Å². The molecule has 0 aromatic rings. The highest BCUT2D eigenvalue weighted by atomic mass is 16.5. The third-order valence-corrected chi connectivity index (χ3v) is 12.5. The van der Waals surface area contributed by atoms with Gasteiger partial charge < -0.3 is 20.3 Å². The van der Waals surface area contributed by atoms with Gasteiger partial charge in [0.05, 0.1) is 25.2 Å². The Morgan fingerprint density at radius 3 is 1.25 bits per heavy atom. The van der Waals surface area contributed by atoms with E-state index in [-0.39, 0.29) is 24.9 Å². The highest BCUT2D eigenvalue weighted by molar-refractivity contribution is 5.77. The average molecular weight is 860 g/mol. The summed E-state index contributed by atoms with van der Waals surface area (Å²) in [5.74, 6) is -0.538. The van der Waals surface area contributed by atoms with E-state index in [1.165, 1.54) is 199 Å². The minimum Gasteiger partial charge on any atom is -0.462 e. The van der Waals surface area contributed by atoms with Crippen LogP contribution in [0.25, 0.3) is 0 Å². The molecule has 0 aliphatic carbocycles. The summed E-state index contributed by atoms with van der Waals surface area (Å²) in [6, 6.07) is -0.707. The molecule has 3 unspecified atom stereocenters. The second-order valence-corrected chi connectivity index (χ2v) is 18.6. The van der Waals surface area contributed by atoms with Gasteiger partial charge in [-0.05, 0) is 44.9 Å². The van der Waals surface area contributed by atoms with Gasteiger partial charge in [0.1, 0.15) is 6.10 Å². The number of unbranched alkanes of at least 4 members (excludes halogenated alkanes) is 33. The van der Waals surface area contributed by atoms with Crippen molar-refractivity contribution in [2.75, 3.05) is 6.61 Å². The fourth-order valence-corrected chi connectivity index (χ4v) is 8.43. The highest BCUT2D eigenvalue weighted by Crippen LogP contribution is 2.18. The van der Waals surface area contributed by atoms with E-state index < -0.39 is 18.2 Å². The minimum atomic E-state index is -0.792. The Labute approximate surface area is 380 Å². The molecule has 0 saturated carbocycles. The highest BCUT2D eigenvalue weighted by Gasteiger charge is 2.24. The van der Waals surface area contributed by atoms with Crippen molar-refractivity contribution in [2.45, 2.75) is 309 Å². The molecular formula is C55H105NO5. The number of ether oxygens (including phenoxy) is 1. The van der Waals surface area contributed by atoms with Crippen LogP contribution < -0.4 is 5.32 Å². The molecule has 6 heteroatoms. The first-order valence-electron chi connectivity index (χ1n) is 27.1. The van der Waals surface area contributed by atoms with E-state index in [1.807, 2.05) is 0 Å². The summed E-state index contributed by atoms with van der Waals surface area (Å²) in [5.41, 5.74) is 0. The average Bonchev–Trinajstić information content (AvgIpc) is 3.25. The molecule has 360 valence electrons. The minimum absolute atomic E-state index is 0.0611. The van der Waals surface area contributed by atoms with Gasteiger partial charge in [0, 0.05) is 6.42 Å². The van der Waals surface area contributed by atoms with Crippen molar-refractivity contribution >= 4 is 11.9 Å². The maximum Gasteiger partial charge on any atom is 0.306 e. The zero-order valence-corrected chi connectivity index (χ0v) is 41.1. The van der Waals surface area contributed by atoms with E-state index in [9.17, 15) is 19.8 Å². The molecule has 1 amide bonds. The number of esters is 1. The molecule has 6 nitrogen and oxygen atoms in total. The van der Waals surface area contributed by atoms with Crippen molar-refractivity contribution in [1.82, 2.24) is 5.32 Å². The SMILES string of the molecule is CCCCCCCC/C=C\C/C=C/CCC(=O)OC(CCCCCCCCCCCCCCCC)CC(=O)NC(CO)C(O)CCCCCCCCCCCCCCCCC. The molecule has 0 fully saturated rings. The van der Waals surface area contributed by atoms with Gasteiger partial charge in [0.15, 0.2) is 0 Å². The molecule has 0 heterocycles. The van der Waals surface area contributed by atoms with E-state index >= 15 is 0 Å². The third kappa shape index (κ3) is 44.7. The monoisotopic (exact) mass is 860 g/mol. The maximum atomic E-state index is 13.2. The van der Waals surface area contributed by atoms with Crippen molar-refractivity contribution < 1.29 is 24.5 Å². The van der Waals surface area contributed by atoms with Crippen LogP contribution in [0.3, 0.4) is 0 Å². The van der Waals surface area contributed by atoms with Crippen LogP contribution in [0, 0.1) is 0 Å². The molecule has 0 rings (SSSR count). The number of carbonyl (C=O) groups is 2. The van der Waals surface area contributed by atoms with Crippen LogP contribution in [-0.4, -0.2) is 46.9 Å². The zero-order chi connectivity index (χ0) is 44.5. The lowest BCUT2D eigenvalue weighted by atomic mass is 10.0. The van der Waals surface area contributed by atoms with E-state index in [0.717, 1.165) is 38.5 Å². The molecule has 0 spiro atoms. The van der Waals surface area contributed by atoms with Crippen molar-refractivity contribution in [3.05, 3.63) is 24.3 Å². The molecule has 0 aliphatic heterocycles. The first-order valence-corrected chi connectivity index (χ1v) is 27.1. The van der Waals surface area contributed by atoms with Gasteiger partial charge in [0.2, 0.25) is 5.91 Å². The lowest BCUT2D eigenvalue weighted by Gasteiger charge is -2.24. The number of aliphatic hydroxyl groups excluding tert-OH is 2. The van der Waals surface area contributed by atoms with E-state index in [0.29, 0.717) is 25.7 Å². The molecule has 0 aromatic carbocycles. The van der Waals surface area contributed by atoms with Crippen molar-refractivity contribution in [3.8, 4) is 0 Å². The largest absolute Gasteiger partial charge is 0.462 e. The summed E-state index contributed by atoms with van der Waals surface area (Å²) in [7, 11) is 0. The summed E-state index contributed by atoms with van der Waals surface area (Å²) < 4.78 is 5.91. The van der Waals surface area contributed by atoms with E-state index in [4.69, 9.17) is 4.74 Å². The summed E-state index contributed by atoms with van der Waals surface area (Å²) in [6.07, 6.45) is 56.8. The van der Waals surface area contributed by atoms with Gasteiger partial charge in [-0.1, -0.05) is 257 Å². The Morgan fingerprint density at radius 1 is 0.475 bits per heavy atom. The summed E-state index contributed by atoms with van der Waals surface area (Å²) in [4.78, 5) is 26.1.